The zero-order chi connectivity index (χ0) is 39.5. The molecule has 2 aliphatic heterocycles. The van der Waals surface area contributed by atoms with E-state index in [1.807, 2.05) is 60.5 Å². The van der Waals surface area contributed by atoms with E-state index in [2.05, 4.69) is 58.4 Å². The van der Waals surface area contributed by atoms with Gasteiger partial charge in [-0.1, -0.05) is 75.0 Å². The molecule has 0 aliphatic carbocycles. The lowest BCUT2D eigenvalue weighted by atomic mass is 9.99. The Balaban J connectivity index is 1.45. The van der Waals surface area contributed by atoms with Crippen molar-refractivity contribution in [3.05, 3.63) is 90.1 Å². The molecule has 55 heavy (non-hydrogen) atoms. The molecule has 3 aromatic carbocycles. The monoisotopic (exact) mass is 755 g/mol. The summed E-state index contributed by atoms with van der Waals surface area (Å²) in [5.74, 6) is -1.01. The second kappa shape index (κ2) is 19.4. The van der Waals surface area contributed by atoms with Crippen LogP contribution in [0.25, 0.3) is 10.8 Å². The van der Waals surface area contributed by atoms with Gasteiger partial charge in [-0.2, -0.15) is 0 Å². The van der Waals surface area contributed by atoms with Crippen molar-refractivity contribution in [2.24, 2.45) is 5.73 Å². The lowest BCUT2D eigenvalue weighted by Gasteiger charge is -2.30. The quantitative estimate of drug-likeness (QED) is 0.0536. The van der Waals surface area contributed by atoms with Crippen LogP contribution in [0.4, 0.5) is 0 Å². The van der Waals surface area contributed by atoms with Gasteiger partial charge in [0.05, 0.1) is 24.7 Å². The highest BCUT2D eigenvalue weighted by molar-refractivity contribution is 5.90. The van der Waals surface area contributed by atoms with Crippen LogP contribution in [-0.2, 0) is 32.0 Å². The number of benzene rings is 3. The predicted molar refractivity (Wildman–Crippen MR) is 214 cm³/mol. The maximum Gasteiger partial charge on any atom is 0.243 e. The molecule has 5 rings (SSSR count). The minimum Gasteiger partial charge on any atom is -0.508 e. The average Bonchev–Trinajstić information content (AvgIpc) is 3.96. The Kier molecular flexibility index (Phi) is 14.5. The SMILES string of the molecule is C=C1NCC(=O)N[C@H](Cc2ccc(O)cc2)C2OC2N(C)[C@H](CCCNC(C)C)C(=O)N[C@@H](CCCNC(=N)N)C(=O)N[C@H]1Cc1ccc2ccccc2c1. The number of epoxide rings is 1. The van der Waals surface area contributed by atoms with Gasteiger partial charge < -0.3 is 47.5 Å². The number of amides is 3. The first kappa shape index (κ1) is 41.0. The van der Waals surface area contributed by atoms with Crippen molar-refractivity contribution >= 4 is 34.5 Å². The summed E-state index contributed by atoms with van der Waals surface area (Å²) in [4.78, 5) is 44.0. The number of aromatic hydroxyl groups is 1. The first-order valence-electron chi connectivity index (χ1n) is 19.1. The fourth-order valence-electron chi connectivity index (χ4n) is 7.03. The molecule has 2 fully saturated rings. The van der Waals surface area contributed by atoms with Gasteiger partial charge in [-0.05, 0) is 86.1 Å². The van der Waals surface area contributed by atoms with E-state index < -0.39 is 36.5 Å². The molecule has 0 spiro atoms. The summed E-state index contributed by atoms with van der Waals surface area (Å²) in [5.41, 5.74) is 7.82. The van der Waals surface area contributed by atoms with Crippen molar-refractivity contribution in [2.45, 2.75) is 94.9 Å². The Bertz CT molecular complexity index is 1800. The third-order valence-electron chi connectivity index (χ3n) is 10.1. The molecule has 10 N–H and O–H groups in total. The van der Waals surface area contributed by atoms with Crippen molar-refractivity contribution < 1.29 is 24.2 Å². The summed E-state index contributed by atoms with van der Waals surface area (Å²) in [5, 5.41) is 38.3. The highest BCUT2D eigenvalue weighted by Crippen LogP contribution is 2.32. The normalized spacial score (nSPS) is 24.0. The molecule has 3 amide bonds. The summed E-state index contributed by atoms with van der Waals surface area (Å²) in [6, 6.07) is 18.6. The number of hydrogen-bond donors (Lipinski definition) is 9. The number of rotatable bonds is 13. The van der Waals surface area contributed by atoms with Gasteiger partial charge in [0.2, 0.25) is 17.7 Å². The number of likely N-dealkylation sites (N-methyl/N-ethyl adjacent to an activating group) is 1. The molecule has 0 aromatic heterocycles. The Morgan fingerprint density at radius 3 is 2.35 bits per heavy atom. The van der Waals surface area contributed by atoms with E-state index >= 15 is 0 Å². The topological polar surface area (TPSA) is 209 Å². The van der Waals surface area contributed by atoms with E-state index in [0.717, 1.165) is 21.9 Å². The molecule has 0 radical (unpaired) electrons. The van der Waals surface area contributed by atoms with Crippen LogP contribution in [0.15, 0.2) is 79.0 Å². The van der Waals surface area contributed by atoms with Gasteiger partial charge in [0.1, 0.15) is 24.1 Å². The number of ether oxygens (including phenoxy) is 1. The maximum absolute atomic E-state index is 14.3. The lowest BCUT2D eigenvalue weighted by molar-refractivity contribution is -0.132. The molecule has 2 heterocycles. The van der Waals surface area contributed by atoms with Gasteiger partial charge in [-0.3, -0.25) is 24.7 Å². The molecule has 6 atom stereocenters. The number of carbonyl (C=O) groups excluding carboxylic acids is 3. The number of hydrogen-bond acceptors (Lipinski definition) is 9. The summed E-state index contributed by atoms with van der Waals surface area (Å²) in [6.07, 6.45) is 1.87. The molecule has 0 saturated carbocycles. The predicted octanol–water partition coefficient (Wildman–Crippen LogP) is 1.97. The molecule has 2 unspecified atom stereocenters. The third kappa shape index (κ3) is 12.2. The van der Waals surface area contributed by atoms with E-state index in [9.17, 15) is 19.5 Å². The number of nitrogens with one attached hydrogen (secondary N) is 7. The standard InChI is InChI=1S/C41H57N9O5/c1-25(2)44-19-8-12-35-39(54)48-32(11-7-20-45-41(42)43)38(53)49-33(23-28-13-16-29-9-5-6-10-30(29)21-28)26(3)46-24-36(52)47-34(37-40(55-37)50(35)4)22-27-14-17-31(51)18-15-27/h5-6,9-10,13-18,21,25,32-35,37,40,44,46,51H,3,7-8,11-12,19-20,22-24H2,1-2,4H3,(H,47,52)(H,48,54)(H,49,53)(H4,42,43,45)/t32-,33-,34+,35+,37?,40?/m0/s1. The van der Waals surface area contributed by atoms with Crippen molar-refractivity contribution in [1.82, 2.24) is 36.8 Å². The van der Waals surface area contributed by atoms with E-state index in [0.29, 0.717) is 50.9 Å². The van der Waals surface area contributed by atoms with E-state index in [-0.39, 0.29) is 48.4 Å². The van der Waals surface area contributed by atoms with Gasteiger partial charge in [-0.25, -0.2) is 0 Å². The van der Waals surface area contributed by atoms with Crippen LogP contribution in [0.2, 0.25) is 0 Å². The van der Waals surface area contributed by atoms with Crippen LogP contribution < -0.4 is 37.6 Å². The Morgan fingerprint density at radius 2 is 1.62 bits per heavy atom. The number of nitrogens with zero attached hydrogens (tertiary/aromatic N) is 1. The molecular formula is C41H57N9O5. The smallest absolute Gasteiger partial charge is 0.243 e. The highest BCUT2D eigenvalue weighted by atomic mass is 16.6. The fraction of sp³-hybridized carbons (Fsp3) is 0.463. The molecule has 2 aliphatic rings. The zero-order valence-electron chi connectivity index (χ0n) is 32.1. The van der Waals surface area contributed by atoms with E-state index in [1.165, 1.54) is 0 Å². The highest BCUT2D eigenvalue weighted by Gasteiger charge is 2.50. The largest absolute Gasteiger partial charge is 0.508 e. The molecule has 3 aromatic rings. The summed E-state index contributed by atoms with van der Waals surface area (Å²) >= 11 is 0. The minimum absolute atomic E-state index is 0.0927. The first-order chi connectivity index (χ1) is 26.4. The molecule has 296 valence electrons. The number of nitrogens with two attached hydrogens (primary N) is 1. The van der Waals surface area contributed by atoms with E-state index in [1.54, 1.807) is 12.1 Å². The van der Waals surface area contributed by atoms with Crippen LogP contribution in [0.1, 0.15) is 50.7 Å². The number of carbonyl (C=O) groups is 3. The zero-order valence-corrected chi connectivity index (χ0v) is 32.1. The summed E-state index contributed by atoms with van der Waals surface area (Å²) < 4.78 is 6.23. The number of fused-ring (bicyclic) bond motifs is 2. The van der Waals surface area contributed by atoms with Crippen molar-refractivity contribution in [1.29, 1.82) is 5.41 Å². The Hall–Kier alpha value is -5.18. The summed E-state index contributed by atoms with van der Waals surface area (Å²) in [6.45, 7) is 9.35. The molecule has 2 saturated heterocycles. The fourth-order valence-corrected chi connectivity index (χ4v) is 7.03. The van der Waals surface area contributed by atoms with Gasteiger partial charge in [-0.15, -0.1) is 0 Å². The van der Waals surface area contributed by atoms with Gasteiger partial charge in [0.25, 0.3) is 0 Å². The van der Waals surface area contributed by atoms with Crippen LogP contribution in [0.3, 0.4) is 0 Å². The molecule has 14 heteroatoms. The van der Waals surface area contributed by atoms with Crippen molar-refractivity contribution in [2.75, 3.05) is 26.7 Å². The van der Waals surface area contributed by atoms with Crippen molar-refractivity contribution in [3.63, 3.8) is 0 Å². The van der Waals surface area contributed by atoms with Crippen LogP contribution in [-0.4, -0.2) is 103 Å². The third-order valence-corrected chi connectivity index (χ3v) is 10.1. The Morgan fingerprint density at radius 1 is 0.927 bits per heavy atom. The Labute approximate surface area is 323 Å². The summed E-state index contributed by atoms with van der Waals surface area (Å²) in [7, 11) is 1.84. The second-order valence-corrected chi connectivity index (χ2v) is 14.8. The van der Waals surface area contributed by atoms with Gasteiger partial charge >= 0.3 is 0 Å². The van der Waals surface area contributed by atoms with E-state index in [4.69, 9.17) is 15.9 Å². The van der Waals surface area contributed by atoms with Crippen molar-refractivity contribution in [3.8, 4) is 5.75 Å². The maximum atomic E-state index is 14.3. The molecule has 0 bridgehead atoms. The second-order valence-electron chi connectivity index (χ2n) is 14.8. The van der Waals surface area contributed by atoms with Gasteiger partial charge in [0.15, 0.2) is 5.96 Å². The number of guanidine groups is 1. The lowest BCUT2D eigenvalue weighted by Crippen LogP contribution is -2.56. The van der Waals surface area contributed by atoms with Crippen LogP contribution >= 0.6 is 0 Å². The van der Waals surface area contributed by atoms with Crippen LogP contribution in [0, 0.1) is 5.41 Å². The van der Waals surface area contributed by atoms with Gasteiger partial charge in [0, 0.05) is 18.3 Å². The first-order valence-corrected chi connectivity index (χ1v) is 19.1. The average molecular weight is 756 g/mol. The van der Waals surface area contributed by atoms with Crippen LogP contribution in [0.5, 0.6) is 5.75 Å². The number of phenols is 1. The molecular weight excluding hydrogens is 699 g/mol. The molecule has 14 nitrogen and oxygen atoms in total. The minimum atomic E-state index is -0.910. The number of phenolic OH excluding ortho intramolecular Hbond substituents is 1.